The Balaban J connectivity index is 2.07. The van der Waals surface area contributed by atoms with Crippen LogP contribution < -0.4 is 11.1 Å². The van der Waals surface area contributed by atoms with Crippen LogP contribution in [0.25, 0.3) is 0 Å². The molecule has 5 heteroatoms. The van der Waals surface area contributed by atoms with E-state index < -0.39 is 0 Å². The van der Waals surface area contributed by atoms with Crippen LogP contribution in [0.5, 0.6) is 0 Å². The molecule has 0 saturated carbocycles. The lowest BCUT2D eigenvalue weighted by molar-refractivity contribution is 0.490. The van der Waals surface area contributed by atoms with Gasteiger partial charge in [0, 0.05) is 11.8 Å². The molecule has 2 heterocycles. The van der Waals surface area contributed by atoms with Crippen LogP contribution in [-0.4, -0.2) is 9.97 Å². The molecule has 0 bridgehead atoms. The minimum absolute atomic E-state index is 0.267. The zero-order valence-corrected chi connectivity index (χ0v) is 9.32. The van der Waals surface area contributed by atoms with Gasteiger partial charge in [0.15, 0.2) is 0 Å². The van der Waals surface area contributed by atoms with Crippen molar-refractivity contribution in [1.29, 1.82) is 0 Å². The number of nitrogens with two attached hydrogens (primary N) is 1. The van der Waals surface area contributed by atoms with Gasteiger partial charge in [0.05, 0.1) is 6.54 Å². The van der Waals surface area contributed by atoms with Crippen LogP contribution in [0.3, 0.4) is 0 Å². The van der Waals surface area contributed by atoms with Gasteiger partial charge in [0.2, 0.25) is 5.95 Å². The highest BCUT2D eigenvalue weighted by molar-refractivity contribution is 5.45. The molecule has 0 aliphatic heterocycles. The molecule has 16 heavy (non-hydrogen) atoms. The number of aromatic nitrogens is 2. The summed E-state index contributed by atoms with van der Waals surface area (Å²) in [5.74, 6) is 2.77. The summed E-state index contributed by atoms with van der Waals surface area (Å²) in [5, 5.41) is 3.16. The summed E-state index contributed by atoms with van der Waals surface area (Å²) in [6, 6.07) is 3.86. The third-order valence-electron chi connectivity index (χ3n) is 2.22. The number of furan rings is 1. The summed E-state index contributed by atoms with van der Waals surface area (Å²) in [6.07, 6.45) is 1.69. The fourth-order valence-electron chi connectivity index (χ4n) is 1.39. The molecule has 2 aromatic rings. The molecule has 0 saturated heterocycles. The van der Waals surface area contributed by atoms with Gasteiger partial charge in [0.1, 0.15) is 17.3 Å². The number of nitrogens with one attached hydrogen (secondary N) is 1. The Kier molecular flexibility index (Phi) is 2.76. The van der Waals surface area contributed by atoms with Gasteiger partial charge < -0.3 is 15.5 Å². The molecule has 0 radical (unpaired) electrons. The maximum Gasteiger partial charge on any atom is 0.221 e. The Morgan fingerprint density at radius 3 is 2.88 bits per heavy atom. The van der Waals surface area contributed by atoms with E-state index in [0.29, 0.717) is 6.54 Å². The van der Waals surface area contributed by atoms with Crippen LogP contribution in [0.4, 0.5) is 11.8 Å². The summed E-state index contributed by atoms with van der Waals surface area (Å²) in [6.45, 7) is 4.43. The van der Waals surface area contributed by atoms with Crippen molar-refractivity contribution in [2.24, 2.45) is 0 Å². The average molecular weight is 218 g/mol. The lowest BCUT2D eigenvalue weighted by atomic mass is 10.3. The highest BCUT2D eigenvalue weighted by Crippen LogP contribution is 2.13. The molecule has 0 unspecified atom stereocenters. The number of anilines is 2. The van der Waals surface area contributed by atoms with Crippen LogP contribution >= 0.6 is 0 Å². The third kappa shape index (κ3) is 2.31. The maximum atomic E-state index is 5.51. The van der Waals surface area contributed by atoms with E-state index in [-0.39, 0.29) is 5.95 Å². The Hall–Kier alpha value is -2.04. The molecule has 2 aromatic heterocycles. The van der Waals surface area contributed by atoms with Gasteiger partial charge in [-0.05, 0) is 26.0 Å². The van der Waals surface area contributed by atoms with Crippen molar-refractivity contribution in [2.45, 2.75) is 20.4 Å². The molecular formula is C11H14N4O. The predicted octanol–water partition coefficient (Wildman–Crippen LogP) is 1.88. The molecule has 84 valence electrons. The van der Waals surface area contributed by atoms with Crippen LogP contribution in [-0.2, 0) is 6.54 Å². The smallest absolute Gasteiger partial charge is 0.221 e. The van der Waals surface area contributed by atoms with Crippen molar-refractivity contribution in [3.63, 3.8) is 0 Å². The summed E-state index contributed by atoms with van der Waals surface area (Å²) in [5.41, 5.74) is 6.47. The molecule has 0 aliphatic rings. The second kappa shape index (κ2) is 4.22. The molecule has 0 spiro atoms. The molecule has 0 aliphatic carbocycles. The molecular weight excluding hydrogens is 204 g/mol. The highest BCUT2D eigenvalue weighted by atomic mass is 16.3. The Bertz CT molecular complexity index is 492. The summed E-state index contributed by atoms with van der Waals surface area (Å²) >= 11 is 0. The van der Waals surface area contributed by atoms with Gasteiger partial charge in [-0.1, -0.05) is 0 Å². The first-order chi connectivity index (χ1) is 7.65. The molecule has 0 atom stereocenters. The lowest BCUT2D eigenvalue weighted by Gasteiger charge is -2.06. The lowest BCUT2D eigenvalue weighted by Crippen LogP contribution is -2.05. The predicted molar refractivity (Wildman–Crippen MR) is 62.0 cm³/mol. The Morgan fingerprint density at radius 2 is 2.19 bits per heavy atom. The highest BCUT2D eigenvalue weighted by Gasteiger charge is 2.03. The normalized spacial score (nSPS) is 10.4. The van der Waals surface area contributed by atoms with Crippen molar-refractivity contribution >= 4 is 11.8 Å². The number of hydrogen-bond acceptors (Lipinski definition) is 5. The Morgan fingerprint density at radius 1 is 1.38 bits per heavy atom. The van der Waals surface area contributed by atoms with E-state index in [1.807, 2.05) is 26.0 Å². The van der Waals surface area contributed by atoms with Crippen molar-refractivity contribution < 1.29 is 4.42 Å². The minimum atomic E-state index is 0.267. The first-order valence-corrected chi connectivity index (χ1v) is 5.03. The monoisotopic (exact) mass is 218 g/mol. The number of rotatable bonds is 3. The van der Waals surface area contributed by atoms with E-state index >= 15 is 0 Å². The molecule has 3 N–H and O–H groups in total. The largest absolute Gasteiger partial charge is 0.465 e. The van der Waals surface area contributed by atoms with E-state index in [0.717, 1.165) is 22.9 Å². The van der Waals surface area contributed by atoms with E-state index in [1.54, 1.807) is 6.20 Å². The van der Waals surface area contributed by atoms with Crippen molar-refractivity contribution in [3.8, 4) is 0 Å². The van der Waals surface area contributed by atoms with Gasteiger partial charge in [-0.3, -0.25) is 0 Å². The fourth-order valence-corrected chi connectivity index (χ4v) is 1.39. The molecule has 0 fully saturated rings. The number of nitrogen functional groups attached to an aromatic ring is 1. The van der Waals surface area contributed by atoms with Gasteiger partial charge >= 0.3 is 0 Å². The minimum Gasteiger partial charge on any atom is -0.465 e. The fraction of sp³-hybridized carbons (Fsp3) is 0.273. The zero-order chi connectivity index (χ0) is 11.5. The second-order valence-electron chi connectivity index (χ2n) is 3.63. The van der Waals surface area contributed by atoms with Crippen LogP contribution in [0.1, 0.15) is 17.1 Å². The first kappa shape index (κ1) is 10.5. The van der Waals surface area contributed by atoms with E-state index in [2.05, 4.69) is 15.3 Å². The van der Waals surface area contributed by atoms with Gasteiger partial charge in [-0.25, -0.2) is 4.98 Å². The molecule has 0 aromatic carbocycles. The molecule has 5 nitrogen and oxygen atoms in total. The molecule has 0 amide bonds. The SMILES string of the molecule is Cc1ccc(CNc2nc(N)ncc2C)o1. The van der Waals surface area contributed by atoms with Crippen LogP contribution in [0.2, 0.25) is 0 Å². The number of hydrogen-bond donors (Lipinski definition) is 2. The standard InChI is InChI=1S/C11H14N4O/c1-7-5-14-11(12)15-10(7)13-6-9-4-3-8(2)16-9/h3-5H,6H2,1-2H3,(H3,12,13,14,15). The summed E-state index contributed by atoms with van der Waals surface area (Å²) in [7, 11) is 0. The quantitative estimate of drug-likeness (QED) is 0.822. The average Bonchev–Trinajstić information content (AvgIpc) is 2.66. The second-order valence-corrected chi connectivity index (χ2v) is 3.63. The Labute approximate surface area is 93.7 Å². The van der Waals surface area contributed by atoms with Gasteiger partial charge in [-0.15, -0.1) is 0 Å². The van der Waals surface area contributed by atoms with Crippen LogP contribution in [0.15, 0.2) is 22.7 Å². The van der Waals surface area contributed by atoms with Crippen molar-refractivity contribution in [1.82, 2.24) is 9.97 Å². The topological polar surface area (TPSA) is 77.0 Å². The van der Waals surface area contributed by atoms with E-state index in [9.17, 15) is 0 Å². The summed E-state index contributed by atoms with van der Waals surface area (Å²) < 4.78 is 5.44. The first-order valence-electron chi connectivity index (χ1n) is 5.03. The van der Waals surface area contributed by atoms with E-state index in [1.165, 1.54) is 0 Å². The zero-order valence-electron chi connectivity index (χ0n) is 9.32. The van der Waals surface area contributed by atoms with Crippen molar-refractivity contribution in [3.05, 3.63) is 35.4 Å². The van der Waals surface area contributed by atoms with E-state index in [4.69, 9.17) is 10.2 Å². The summed E-state index contributed by atoms with van der Waals surface area (Å²) in [4.78, 5) is 8.01. The van der Waals surface area contributed by atoms with Gasteiger partial charge in [-0.2, -0.15) is 4.98 Å². The van der Waals surface area contributed by atoms with Gasteiger partial charge in [0.25, 0.3) is 0 Å². The van der Waals surface area contributed by atoms with Crippen molar-refractivity contribution in [2.75, 3.05) is 11.1 Å². The van der Waals surface area contributed by atoms with Crippen LogP contribution in [0, 0.1) is 13.8 Å². The maximum absolute atomic E-state index is 5.51. The number of aryl methyl sites for hydroxylation is 2. The third-order valence-corrected chi connectivity index (χ3v) is 2.22. The number of nitrogens with zero attached hydrogens (tertiary/aromatic N) is 2. The molecule has 2 rings (SSSR count).